The van der Waals surface area contributed by atoms with Crippen molar-refractivity contribution in [3.63, 3.8) is 0 Å². The Labute approximate surface area is 128 Å². The van der Waals surface area contributed by atoms with E-state index in [-0.39, 0.29) is 0 Å². The standard InChI is InChI=1S/C16H13ClN4/c17-15-8-6-13(7-9-15)12-19-11-10-16(20-21-18)14-4-2-1-3-5-14/h1-10,12H,11H2/b16-10-,19-12?. The first-order chi connectivity index (χ1) is 10.3. The fourth-order valence-electron chi connectivity index (χ4n) is 1.72. The maximum atomic E-state index is 8.63. The molecule has 2 aromatic rings. The van der Waals surface area contributed by atoms with E-state index in [2.05, 4.69) is 15.0 Å². The lowest BCUT2D eigenvalue weighted by Crippen LogP contribution is -1.84. The summed E-state index contributed by atoms with van der Waals surface area (Å²) < 4.78 is 0. The zero-order chi connectivity index (χ0) is 14.9. The molecule has 0 radical (unpaired) electrons. The SMILES string of the molecule is [N-]=[N+]=N/C(=C\CN=Cc1ccc(Cl)cc1)c1ccccc1. The number of aliphatic imine (C=N–C) groups is 1. The minimum absolute atomic E-state index is 0.436. The average Bonchev–Trinajstić information content (AvgIpc) is 2.53. The number of azide groups is 1. The monoisotopic (exact) mass is 296 g/mol. The van der Waals surface area contributed by atoms with Gasteiger partial charge in [0.2, 0.25) is 0 Å². The Kier molecular flexibility index (Phi) is 5.59. The van der Waals surface area contributed by atoms with E-state index in [9.17, 15) is 0 Å². The second-order valence-electron chi connectivity index (χ2n) is 4.19. The molecule has 21 heavy (non-hydrogen) atoms. The third kappa shape index (κ3) is 4.80. The zero-order valence-corrected chi connectivity index (χ0v) is 12.0. The fraction of sp³-hybridized carbons (Fsp3) is 0.0625. The highest BCUT2D eigenvalue weighted by Gasteiger charge is 1.96. The van der Waals surface area contributed by atoms with Gasteiger partial charge in [-0.3, -0.25) is 4.99 Å². The number of benzene rings is 2. The van der Waals surface area contributed by atoms with Crippen LogP contribution in [-0.2, 0) is 0 Å². The van der Waals surface area contributed by atoms with Gasteiger partial charge in [0.05, 0.1) is 6.54 Å². The van der Waals surface area contributed by atoms with Gasteiger partial charge in [-0.15, -0.1) is 0 Å². The van der Waals surface area contributed by atoms with Crippen molar-refractivity contribution in [1.29, 1.82) is 0 Å². The van der Waals surface area contributed by atoms with Crippen molar-refractivity contribution in [2.24, 2.45) is 10.1 Å². The number of hydrogen-bond acceptors (Lipinski definition) is 2. The molecule has 0 aliphatic carbocycles. The largest absolute Gasteiger partial charge is 0.288 e. The van der Waals surface area contributed by atoms with Crippen molar-refractivity contribution >= 4 is 23.5 Å². The minimum Gasteiger partial charge on any atom is -0.288 e. The number of halogens is 1. The van der Waals surface area contributed by atoms with E-state index in [0.717, 1.165) is 11.1 Å². The Morgan fingerprint density at radius 3 is 2.48 bits per heavy atom. The molecular formula is C16H13ClN4. The molecule has 104 valence electrons. The molecule has 0 bridgehead atoms. The molecule has 0 fully saturated rings. The van der Waals surface area contributed by atoms with E-state index in [4.69, 9.17) is 17.1 Å². The van der Waals surface area contributed by atoms with Crippen LogP contribution in [0.1, 0.15) is 11.1 Å². The van der Waals surface area contributed by atoms with Crippen LogP contribution in [0.3, 0.4) is 0 Å². The van der Waals surface area contributed by atoms with Crippen LogP contribution < -0.4 is 0 Å². The summed E-state index contributed by atoms with van der Waals surface area (Å²) in [7, 11) is 0. The highest BCUT2D eigenvalue weighted by atomic mass is 35.5. The first-order valence-corrected chi connectivity index (χ1v) is 6.73. The molecule has 2 rings (SSSR count). The maximum absolute atomic E-state index is 8.63. The molecule has 4 nitrogen and oxygen atoms in total. The van der Waals surface area contributed by atoms with E-state index in [1.54, 1.807) is 12.3 Å². The molecule has 0 saturated heterocycles. The van der Waals surface area contributed by atoms with Gasteiger partial charge in [0.1, 0.15) is 0 Å². The summed E-state index contributed by atoms with van der Waals surface area (Å²) in [6.07, 6.45) is 3.55. The molecule has 0 aliphatic rings. The summed E-state index contributed by atoms with van der Waals surface area (Å²) in [5.74, 6) is 0. The summed E-state index contributed by atoms with van der Waals surface area (Å²) in [5.41, 5.74) is 11.0. The van der Waals surface area contributed by atoms with Gasteiger partial charge < -0.3 is 0 Å². The van der Waals surface area contributed by atoms with Crippen LogP contribution in [-0.4, -0.2) is 12.8 Å². The lowest BCUT2D eigenvalue weighted by atomic mass is 10.1. The third-order valence-electron chi connectivity index (χ3n) is 2.72. The van der Waals surface area contributed by atoms with Gasteiger partial charge in [0, 0.05) is 21.8 Å². The number of hydrogen-bond donors (Lipinski definition) is 0. The average molecular weight is 297 g/mol. The molecule has 0 N–H and O–H groups in total. The van der Waals surface area contributed by atoms with Crippen LogP contribution in [0.15, 0.2) is 70.8 Å². The first-order valence-electron chi connectivity index (χ1n) is 6.35. The minimum atomic E-state index is 0.436. The Bertz CT molecular complexity index is 684. The van der Waals surface area contributed by atoms with Gasteiger partial charge in [-0.2, -0.15) is 0 Å². The fourth-order valence-corrected chi connectivity index (χ4v) is 1.85. The van der Waals surface area contributed by atoms with Crippen LogP contribution >= 0.6 is 11.6 Å². The van der Waals surface area contributed by atoms with E-state index in [1.165, 1.54) is 0 Å². The predicted molar refractivity (Wildman–Crippen MR) is 87.5 cm³/mol. The van der Waals surface area contributed by atoms with E-state index in [1.807, 2.05) is 54.6 Å². The molecule has 0 unspecified atom stereocenters. The van der Waals surface area contributed by atoms with Crippen LogP contribution in [0.2, 0.25) is 5.02 Å². The van der Waals surface area contributed by atoms with E-state index in [0.29, 0.717) is 17.3 Å². The van der Waals surface area contributed by atoms with E-state index >= 15 is 0 Å². The lowest BCUT2D eigenvalue weighted by Gasteiger charge is -1.99. The molecule has 5 heteroatoms. The molecule has 0 saturated carbocycles. The maximum Gasteiger partial charge on any atom is 0.0578 e. The molecule has 0 amide bonds. The molecular weight excluding hydrogens is 284 g/mol. The van der Waals surface area contributed by atoms with Gasteiger partial charge in [0.15, 0.2) is 0 Å². The summed E-state index contributed by atoms with van der Waals surface area (Å²) in [6, 6.07) is 16.9. The molecule has 0 heterocycles. The van der Waals surface area contributed by atoms with Crippen LogP contribution in [0.4, 0.5) is 0 Å². The van der Waals surface area contributed by atoms with Crippen molar-refractivity contribution in [3.05, 3.63) is 87.3 Å². The molecule has 2 aromatic carbocycles. The summed E-state index contributed by atoms with van der Waals surface area (Å²) in [6.45, 7) is 0.436. The Hall–Kier alpha value is -2.55. The number of nitrogens with zero attached hydrogens (tertiary/aromatic N) is 4. The topological polar surface area (TPSA) is 61.1 Å². The Morgan fingerprint density at radius 1 is 1.10 bits per heavy atom. The van der Waals surface area contributed by atoms with E-state index < -0.39 is 0 Å². The van der Waals surface area contributed by atoms with Gasteiger partial charge in [0.25, 0.3) is 0 Å². The van der Waals surface area contributed by atoms with Gasteiger partial charge in [-0.1, -0.05) is 65.3 Å². The second kappa shape index (κ2) is 7.90. The zero-order valence-electron chi connectivity index (χ0n) is 11.2. The Balaban J connectivity index is 2.07. The lowest BCUT2D eigenvalue weighted by molar-refractivity contribution is 1.24. The van der Waals surface area contributed by atoms with Crippen molar-refractivity contribution in [3.8, 4) is 0 Å². The molecule has 0 atom stereocenters. The van der Waals surface area contributed by atoms with Gasteiger partial charge in [-0.25, -0.2) is 0 Å². The highest BCUT2D eigenvalue weighted by Crippen LogP contribution is 2.15. The van der Waals surface area contributed by atoms with Crippen molar-refractivity contribution in [2.75, 3.05) is 6.54 Å². The van der Waals surface area contributed by atoms with Crippen molar-refractivity contribution in [1.82, 2.24) is 0 Å². The normalized spacial score (nSPS) is 11.4. The second-order valence-corrected chi connectivity index (χ2v) is 4.63. The summed E-state index contributed by atoms with van der Waals surface area (Å²) in [5, 5.41) is 4.40. The Morgan fingerprint density at radius 2 is 1.81 bits per heavy atom. The van der Waals surface area contributed by atoms with Crippen molar-refractivity contribution in [2.45, 2.75) is 0 Å². The molecule has 0 spiro atoms. The smallest absolute Gasteiger partial charge is 0.0578 e. The van der Waals surface area contributed by atoms with Crippen LogP contribution in [0.5, 0.6) is 0 Å². The molecule has 0 aromatic heterocycles. The van der Waals surface area contributed by atoms with Crippen molar-refractivity contribution < 1.29 is 0 Å². The molecule has 0 aliphatic heterocycles. The predicted octanol–water partition coefficient (Wildman–Crippen LogP) is 5.11. The van der Waals surface area contributed by atoms with Gasteiger partial charge in [-0.05, 0) is 28.8 Å². The highest BCUT2D eigenvalue weighted by molar-refractivity contribution is 6.30. The summed E-state index contributed by atoms with van der Waals surface area (Å²) in [4.78, 5) is 7.14. The quantitative estimate of drug-likeness (QED) is 0.318. The van der Waals surface area contributed by atoms with Gasteiger partial charge >= 0.3 is 0 Å². The van der Waals surface area contributed by atoms with Crippen LogP contribution in [0, 0.1) is 0 Å². The number of rotatable bonds is 5. The first kappa shape index (κ1) is 14.9. The van der Waals surface area contributed by atoms with Crippen LogP contribution in [0.25, 0.3) is 16.1 Å². The summed E-state index contributed by atoms with van der Waals surface area (Å²) >= 11 is 5.82. The third-order valence-corrected chi connectivity index (χ3v) is 2.97.